The maximum atomic E-state index is 12.8. The summed E-state index contributed by atoms with van der Waals surface area (Å²) in [4.78, 5) is 26.2. The van der Waals surface area contributed by atoms with E-state index >= 15 is 0 Å². The molecule has 1 aliphatic heterocycles. The average molecular weight is 356 g/mol. The van der Waals surface area contributed by atoms with E-state index in [4.69, 9.17) is 11.6 Å². The van der Waals surface area contributed by atoms with E-state index in [2.05, 4.69) is 5.10 Å². The zero-order valence-corrected chi connectivity index (χ0v) is 14.6. The second-order valence-electron chi connectivity index (χ2n) is 7.01. The molecule has 1 aromatic rings. The van der Waals surface area contributed by atoms with E-state index in [9.17, 15) is 19.8 Å². The molecule has 8 heteroatoms. The van der Waals surface area contributed by atoms with Gasteiger partial charge in [-0.05, 0) is 25.7 Å². The van der Waals surface area contributed by atoms with Gasteiger partial charge in [-0.2, -0.15) is 5.10 Å². The number of likely N-dealkylation sites (tertiary alicyclic amines) is 1. The minimum Gasteiger partial charge on any atom is -0.481 e. The zero-order chi connectivity index (χ0) is 17.6. The van der Waals surface area contributed by atoms with Crippen LogP contribution < -0.4 is 0 Å². The van der Waals surface area contributed by atoms with Crippen molar-refractivity contribution in [3.63, 3.8) is 0 Å². The first kappa shape index (κ1) is 17.2. The summed E-state index contributed by atoms with van der Waals surface area (Å²) >= 11 is 6.19. The van der Waals surface area contributed by atoms with Gasteiger partial charge >= 0.3 is 5.97 Å². The molecule has 0 unspecified atom stereocenters. The van der Waals surface area contributed by atoms with Crippen molar-refractivity contribution >= 4 is 23.5 Å². The van der Waals surface area contributed by atoms with Crippen molar-refractivity contribution in [2.24, 2.45) is 18.4 Å². The van der Waals surface area contributed by atoms with Crippen molar-refractivity contribution in [3.05, 3.63) is 16.4 Å². The Morgan fingerprint density at radius 2 is 2.04 bits per heavy atom. The Morgan fingerprint density at radius 1 is 1.38 bits per heavy atom. The number of nitrogens with zero attached hydrogens (tertiary/aromatic N) is 3. The lowest BCUT2D eigenvalue weighted by molar-refractivity contribution is -0.163. The van der Waals surface area contributed by atoms with Gasteiger partial charge in [0.1, 0.15) is 5.41 Å². The van der Waals surface area contributed by atoms with Gasteiger partial charge in [0, 0.05) is 20.1 Å². The summed E-state index contributed by atoms with van der Waals surface area (Å²) in [6.45, 7) is 2.05. The van der Waals surface area contributed by atoms with Crippen molar-refractivity contribution in [1.29, 1.82) is 0 Å². The number of carboxylic acids is 1. The van der Waals surface area contributed by atoms with Gasteiger partial charge in [0.2, 0.25) is 0 Å². The summed E-state index contributed by atoms with van der Waals surface area (Å²) in [5.41, 5.74) is -0.482. The number of halogens is 1. The van der Waals surface area contributed by atoms with Crippen LogP contribution in [-0.4, -0.2) is 56.0 Å². The minimum absolute atomic E-state index is 0.00914. The fourth-order valence-corrected chi connectivity index (χ4v) is 3.70. The minimum atomic E-state index is -1.30. The number of aliphatic carboxylic acids is 1. The molecular weight excluding hydrogens is 334 g/mol. The van der Waals surface area contributed by atoms with Gasteiger partial charge in [-0.3, -0.25) is 14.3 Å². The molecule has 0 aromatic carbocycles. The van der Waals surface area contributed by atoms with Gasteiger partial charge in [-0.1, -0.05) is 24.4 Å². The first-order valence-electron chi connectivity index (χ1n) is 8.16. The molecule has 2 fully saturated rings. The lowest BCUT2D eigenvalue weighted by atomic mass is 9.73. The van der Waals surface area contributed by atoms with Crippen molar-refractivity contribution in [1.82, 2.24) is 14.7 Å². The summed E-state index contributed by atoms with van der Waals surface area (Å²) in [5, 5.41) is 24.6. The van der Waals surface area contributed by atoms with E-state index in [1.165, 1.54) is 9.58 Å². The Kier molecular flexibility index (Phi) is 4.34. The monoisotopic (exact) mass is 355 g/mol. The van der Waals surface area contributed by atoms with Crippen LogP contribution in [0.2, 0.25) is 5.02 Å². The van der Waals surface area contributed by atoms with E-state index in [0.29, 0.717) is 24.6 Å². The first-order valence-corrected chi connectivity index (χ1v) is 8.54. The molecule has 1 saturated carbocycles. The van der Waals surface area contributed by atoms with Crippen molar-refractivity contribution in [2.75, 3.05) is 13.1 Å². The fraction of sp³-hybridized carbons (Fsp3) is 0.688. The van der Waals surface area contributed by atoms with Crippen LogP contribution in [0.3, 0.4) is 0 Å². The van der Waals surface area contributed by atoms with Crippen LogP contribution in [0.5, 0.6) is 0 Å². The lowest BCUT2D eigenvalue weighted by Crippen LogP contribution is -2.57. The quantitative estimate of drug-likeness (QED) is 0.852. The molecule has 1 aliphatic carbocycles. The number of aryl methyl sites for hydroxylation is 1. The van der Waals surface area contributed by atoms with E-state index in [-0.39, 0.29) is 29.6 Å². The van der Waals surface area contributed by atoms with Crippen LogP contribution >= 0.6 is 11.6 Å². The first-order chi connectivity index (χ1) is 11.3. The van der Waals surface area contributed by atoms with Crippen LogP contribution in [0.4, 0.5) is 0 Å². The predicted octanol–water partition coefficient (Wildman–Crippen LogP) is 1.46. The van der Waals surface area contributed by atoms with Gasteiger partial charge in [-0.25, -0.2) is 0 Å². The molecule has 1 amide bonds. The average Bonchev–Trinajstić information content (AvgIpc) is 3.31. The number of carboxylic acid groups (broad SMARTS) is 1. The van der Waals surface area contributed by atoms with Crippen molar-refractivity contribution in [3.8, 4) is 0 Å². The van der Waals surface area contributed by atoms with Gasteiger partial charge in [-0.15, -0.1) is 0 Å². The molecule has 0 radical (unpaired) electrons. The van der Waals surface area contributed by atoms with E-state index in [0.717, 1.165) is 12.8 Å². The second-order valence-corrected chi connectivity index (χ2v) is 7.39. The third-order valence-electron chi connectivity index (χ3n) is 5.31. The van der Waals surface area contributed by atoms with E-state index in [1.807, 2.05) is 0 Å². The molecule has 2 heterocycles. The lowest BCUT2D eigenvalue weighted by Gasteiger charge is -2.43. The number of aromatic nitrogens is 2. The molecule has 24 heavy (non-hydrogen) atoms. The van der Waals surface area contributed by atoms with Crippen LogP contribution in [0.15, 0.2) is 0 Å². The zero-order valence-electron chi connectivity index (χ0n) is 13.8. The van der Waals surface area contributed by atoms with Gasteiger partial charge in [0.25, 0.3) is 5.91 Å². The summed E-state index contributed by atoms with van der Waals surface area (Å²) in [5.74, 6) is -1.09. The molecule has 7 nitrogen and oxygen atoms in total. The third-order valence-corrected chi connectivity index (χ3v) is 5.76. The van der Waals surface area contributed by atoms with Crippen LogP contribution in [0, 0.1) is 18.3 Å². The summed E-state index contributed by atoms with van der Waals surface area (Å²) in [6.07, 6.45) is 1.68. The number of carbonyl (C=O) groups is 2. The van der Waals surface area contributed by atoms with Gasteiger partial charge in [0.15, 0.2) is 5.69 Å². The Hall–Kier alpha value is -1.60. The highest BCUT2D eigenvalue weighted by atomic mass is 35.5. The molecule has 1 saturated heterocycles. The number of carbonyl (C=O) groups excluding carboxylic acids is 1. The van der Waals surface area contributed by atoms with E-state index < -0.39 is 17.5 Å². The van der Waals surface area contributed by atoms with Crippen molar-refractivity contribution in [2.45, 2.75) is 38.7 Å². The van der Waals surface area contributed by atoms with Crippen molar-refractivity contribution < 1.29 is 19.8 Å². The largest absolute Gasteiger partial charge is 0.481 e. The molecule has 132 valence electrons. The Morgan fingerprint density at radius 3 is 2.54 bits per heavy atom. The number of piperidine rings is 1. The molecule has 0 spiro atoms. The van der Waals surface area contributed by atoms with E-state index in [1.54, 1.807) is 14.0 Å². The Labute approximate surface area is 145 Å². The maximum absolute atomic E-state index is 12.8. The number of rotatable bonds is 4. The molecular formula is C16H22ClN3O4. The number of aliphatic hydroxyl groups excluding tert-OH is 1. The molecule has 0 bridgehead atoms. The third kappa shape index (κ3) is 2.80. The molecule has 2 aliphatic rings. The maximum Gasteiger partial charge on any atom is 0.314 e. The standard InChI is InChI=1S/C16H22ClN3O4/c1-9-12(17)13(18-19(9)2)14(22)20-6-5-11(21)16(8-20,15(23)24)7-10-3-4-10/h10-11,21H,3-8H2,1-2H3,(H,23,24)/t11-,16+/m0/s1. The Balaban J connectivity index is 1.87. The van der Waals surface area contributed by atoms with Crippen LogP contribution in [0.1, 0.15) is 41.9 Å². The van der Waals surface area contributed by atoms with Gasteiger partial charge < -0.3 is 15.1 Å². The number of aliphatic hydroxyl groups is 1. The molecule has 2 atom stereocenters. The summed E-state index contributed by atoms with van der Waals surface area (Å²) < 4.78 is 1.53. The van der Waals surface area contributed by atoms with Gasteiger partial charge in [0.05, 0.1) is 16.8 Å². The SMILES string of the molecule is Cc1c(Cl)c(C(=O)N2CC[C@H](O)[C@](CC3CC3)(C(=O)O)C2)nn1C. The highest BCUT2D eigenvalue weighted by molar-refractivity contribution is 6.34. The number of hydrogen-bond acceptors (Lipinski definition) is 4. The number of hydrogen-bond donors (Lipinski definition) is 2. The highest BCUT2D eigenvalue weighted by Crippen LogP contribution is 2.45. The molecule has 2 N–H and O–H groups in total. The Bertz CT molecular complexity index is 685. The summed E-state index contributed by atoms with van der Waals surface area (Å²) in [7, 11) is 1.70. The summed E-state index contributed by atoms with van der Waals surface area (Å²) in [6, 6.07) is 0. The fourth-order valence-electron chi connectivity index (χ4n) is 3.46. The predicted molar refractivity (Wildman–Crippen MR) is 86.9 cm³/mol. The smallest absolute Gasteiger partial charge is 0.314 e. The normalized spacial score (nSPS) is 27.3. The molecule has 1 aromatic heterocycles. The van der Waals surface area contributed by atoms with Crippen LogP contribution in [-0.2, 0) is 11.8 Å². The number of amides is 1. The second kappa shape index (κ2) is 6.04. The topological polar surface area (TPSA) is 95.7 Å². The molecule has 3 rings (SSSR count). The highest BCUT2D eigenvalue weighted by Gasteiger charge is 2.52. The van der Waals surface area contributed by atoms with Crippen LogP contribution in [0.25, 0.3) is 0 Å².